The van der Waals surface area contributed by atoms with E-state index >= 15 is 0 Å². The fourth-order valence-electron chi connectivity index (χ4n) is 10.7. The molecular weight excluding hydrogens is 424 g/mol. The number of carbonyl (C=O) groups is 2. The fourth-order valence-corrected chi connectivity index (χ4v) is 10.7. The molecule has 0 radical (unpaired) electrons. The highest BCUT2D eigenvalue weighted by Gasteiger charge is 2.51. The summed E-state index contributed by atoms with van der Waals surface area (Å²) in [6.07, 6.45) is 25.2. The molecule has 0 amide bonds. The molecule has 4 heteroatoms. The van der Waals surface area contributed by atoms with Crippen molar-refractivity contribution in [3.05, 3.63) is 0 Å². The third-order valence-corrected chi connectivity index (χ3v) is 11.0. The molecule has 0 spiro atoms. The molecule has 192 valence electrons. The summed E-state index contributed by atoms with van der Waals surface area (Å²) < 4.78 is 0. The average molecular weight is 473 g/mol. The smallest absolute Gasteiger partial charge is 0.303 e. The van der Waals surface area contributed by atoms with Gasteiger partial charge in [0.1, 0.15) is 0 Å². The van der Waals surface area contributed by atoms with Gasteiger partial charge in [0, 0.05) is 12.8 Å². The highest BCUT2D eigenvalue weighted by atomic mass is 16.4. The van der Waals surface area contributed by atoms with Gasteiger partial charge >= 0.3 is 11.9 Å². The molecule has 0 aromatic rings. The minimum absolute atomic E-state index is 0.367. The first kappa shape index (κ1) is 24.6. The topological polar surface area (TPSA) is 74.6 Å². The molecule has 8 saturated carbocycles. The van der Waals surface area contributed by atoms with Crippen LogP contribution >= 0.6 is 0 Å². The zero-order valence-electron chi connectivity index (χ0n) is 21.3. The maximum absolute atomic E-state index is 10.5. The molecule has 4 nitrogen and oxygen atoms in total. The minimum Gasteiger partial charge on any atom is -0.481 e. The van der Waals surface area contributed by atoms with Gasteiger partial charge in [-0.05, 0) is 149 Å². The molecule has 0 atom stereocenters. The molecule has 0 aromatic carbocycles. The predicted molar refractivity (Wildman–Crippen MR) is 133 cm³/mol. The Morgan fingerprint density at radius 1 is 0.500 bits per heavy atom. The molecule has 34 heavy (non-hydrogen) atoms. The molecule has 8 aliphatic carbocycles. The molecule has 0 heterocycles. The van der Waals surface area contributed by atoms with E-state index in [-0.39, 0.29) is 0 Å². The van der Waals surface area contributed by atoms with E-state index < -0.39 is 11.9 Å². The molecule has 2 N–H and O–H groups in total. The molecule has 0 aliphatic heterocycles. The van der Waals surface area contributed by atoms with Crippen LogP contribution < -0.4 is 0 Å². The Morgan fingerprint density at radius 2 is 0.765 bits per heavy atom. The van der Waals surface area contributed by atoms with Gasteiger partial charge in [0.05, 0.1) is 0 Å². The Hall–Kier alpha value is -1.06. The third-order valence-electron chi connectivity index (χ3n) is 11.0. The molecule has 0 saturated heterocycles. The van der Waals surface area contributed by atoms with E-state index in [0.29, 0.717) is 23.7 Å². The van der Waals surface area contributed by atoms with Gasteiger partial charge in [-0.3, -0.25) is 9.59 Å². The highest BCUT2D eigenvalue weighted by Crippen LogP contribution is 2.62. The van der Waals surface area contributed by atoms with Crippen LogP contribution in [0.5, 0.6) is 0 Å². The van der Waals surface area contributed by atoms with Gasteiger partial charge in [-0.1, -0.05) is 12.8 Å². The Kier molecular flexibility index (Phi) is 7.34. The van der Waals surface area contributed by atoms with E-state index in [9.17, 15) is 9.59 Å². The van der Waals surface area contributed by atoms with E-state index in [4.69, 9.17) is 10.2 Å². The Balaban J connectivity index is 0.000000142. The van der Waals surface area contributed by atoms with Crippen molar-refractivity contribution in [3.63, 3.8) is 0 Å². The fraction of sp³-hybridized carbons (Fsp3) is 0.933. The van der Waals surface area contributed by atoms with Crippen LogP contribution in [0.2, 0.25) is 0 Å². The molecule has 8 bridgehead atoms. The number of rotatable bonds is 10. The minimum atomic E-state index is -0.629. The van der Waals surface area contributed by atoms with Crippen LogP contribution in [-0.4, -0.2) is 22.2 Å². The van der Waals surface area contributed by atoms with Gasteiger partial charge in [-0.15, -0.1) is 0 Å². The van der Waals surface area contributed by atoms with Crippen LogP contribution in [0.3, 0.4) is 0 Å². The van der Waals surface area contributed by atoms with Gasteiger partial charge in [-0.25, -0.2) is 0 Å². The summed E-state index contributed by atoms with van der Waals surface area (Å²) in [5.41, 5.74) is 1.29. The molecule has 0 unspecified atom stereocenters. The van der Waals surface area contributed by atoms with Crippen molar-refractivity contribution in [2.24, 2.45) is 46.3 Å². The van der Waals surface area contributed by atoms with Crippen molar-refractivity contribution in [3.8, 4) is 0 Å². The summed E-state index contributed by atoms with van der Waals surface area (Å²) in [6.45, 7) is 0. The third kappa shape index (κ3) is 5.84. The summed E-state index contributed by atoms with van der Waals surface area (Å²) in [4.78, 5) is 21.0. The second-order valence-corrected chi connectivity index (χ2v) is 14.0. The monoisotopic (exact) mass is 472 g/mol. The number of aliphatic carboxylic acids is 2. The first-order chi connectivity index (χ1) is 16.3. The van der Waals surface area contributed by atoms with Crippen LogP contribution in [0.4, 0.5) is 0 Å². The zero-order valence-corrected chi connectivity index (χ0v) is 21.3. The maximum atomic E-state index is 10.5. The standard InChI is InChI=1S/2C15H24O2/c2*16-14(17)3-1-2-4-15-8-11-5-12(9-15)7-13(6-11)10-15/h2*11-13H,1-10H2,(H,16,17). The summed E-state index contributed by atoms with van der Waals surface area (Å²) in [7, 11) is 0. The van der Waals surface area contributed by atoms with Crippen LogP contribution in [0, 0.1) is 46.3 Å². The van der Waals surface area contributed by atoms with Gasteiger partial charge in [0.2, 0.25) is 0 Å². The highest BCUT2D eigenvalue weighted by molar-refractivity contribution is 5.66. The van der Waals surface area contributed by atoms with Gasteiger partial charge in [-0.2, -0.15) is 0 Å². The quantitative estimate of drug-likeness (QED) is 0.319. The Labute approximate surface area is 206 Å². The van der Waals surface area contributed by atoms with Crippen LogP contribution in [0.25, 0.3) is 0 Å². The van der Waals surface area contributed by atoms with Crippen molar-refractivity contribution in [2.75, 3.05) is 0 Å². The second-order valence-electron chi connectivity index (χ2n) is 14.0. The van der Waals surface area contributed by atoms with Crippen molar-refractivity contribution < 1.29 is 19.8 Å². The van der Waals surface area contributed by atoms with E-state index in [1.54, 1.807) is 0 Å². The van der Waals surface area contributed by atoms with E-state index in [1.807, 2.05) is 0 Å². The van der Waals surface area contributed by atoms with Crippen molar-refractivity contribution in [1.29, 1.82) is 0 Å². The lowest BCUT2D eigenvalue weighted by molar-refractivity contribution is -0.138. The molecular formula is C30H48O4. The molecule has 0 aromatic heterocycles. The number of hydrogen-bond acceptors (Lipinski definition) is 2. The van der Waals surface area contributed by atoms with E-state index in [1.165, 1.54) is 89.9 Å². The summed E-state index contributed by atoms with van der Waals surface area (Å²) in [5, 5.41) is 17.3. The average Bonchev–Trinajstić information content (AvgIpc) is 2.73. The van der Waals surface area contributed by atoms with Gasteiger partial charge < -0.3 is 10.2 Å². The number of unbranched alkanes of at least 4 members (excludes halogenated alkanes) is 2. The lowest BCUT2D eigenvalue weighted by Gasteiger charge is -2.57. The van der Waals surface area contributed by atoms with Crippen molar-refractivity contribution in [1.82, 2.24) is 0 Å². The van der Waals surface area contributed by atoms with Crippen molar-refractivity contribution in [2.45, 2.75) is 128 Å². The number of carboxylic acids is 2. The zero-order chi connectivity index (χ0) is 23.8. The Bertz CT molecular complexity index is 608. The van der Waals surface area contributed by atoms with Crippen LogP contribution in [0.15, 0.2) is 0 Å². The van der Waals surface area contributed by atoms with E-state index in [2.05, 4.69) is 0 Å². The first-order valence-corrected chi connectivity index (χ1v) is 14.7. The lowest BCUT2D eigenvalue weighted by atomic mass is 9.48. The van der Waals surface area contributed by atoms with Crippen molar-refractivity contribution >= 4 is 11.9 Å². The molecule has 8 fully saturated rings. The maximum Gasteiger partial charge on any atom is 0.303 e. The number of hydrogen-bond donors (Lipinski definition) is 2. The summed E-state index contributed by atoms with van der Waals surface area (Å²) in [5.74, 6) is 4.91. The van der Waals surface area contributed by atoms with Gasteiger partial charge in [0.15, 0.2) is 0 Å². The SMILES string of the molecule is O=C(O)CCCCC12CC3CC(CC(C3)C1)C2.O=C(O)CCCCC12CC3CC(CC(C3)C1)C2. The summed E-state index contributed by atoms with van der Waals surface area (Å²) >= 11 is 0. The normalized spacial score (nSPS) is 42.9. The van der Waals surface area contributed by atoms with Crippen LogP contribution in [-0.2, 0) is 9.59 Å². The van der Waals surface area contributed by atoms with Crippen LogP contribution in [0.1, 0.15) is 128 Å². The molecule has 8 aliphatic rings. The van der Waals surface area contributed by atoms with E-state index in [0.717, 1.165) is 61.2 Å². The molecule has 8 rings (SSSR count). The largest absolute Gasteiger partial charge is 0.481 e. The summed E-state index contributed by atoms with van der Waals surface area (Å²) in [6, 6.07) is 0. The predicted octanol–water partition coefficient (Wildman–Crippen LogP) is 7.70. The first-order valence-electron chi connectivity index (χ1n) is 14.7. The number of carboxylic acid groups (broad SMARTS) is 2. The Morgan fingerprint density at radius 3 is 1.00 bits per heavy atom. The lowest BCUT2D eigenvalue weighted by Crippen LogP contribution is -2.45. The van der Waals surface area contributed by atoms with Gasteiger partial charge in [0.25, 0.3) is 0 Å². The second kappa shape index (κ2) is 10.1.